The van der Waals surface area contributed by atoms with Crippen molar-refractivity contribution >= 4 is 23.0 Å². The fraction of sp³-hybridized carbons (Fsp3) is 0.316. The molecule has 1 atom stereocenters. The molecular formula is C19H24N2S. The Bertz CT molecular complexity index is 647. The van der Waals surface area contributed by atoms with Gasteiger partial charge in [-0.25, -0.2) is 0 Å². The van der Waals surface area contributed by atoms with Crippen molar-refractivity contribution in [1.82, 2.24) is 5.32 Å². The molecule has 0 bridgehead atoms. The molecule has 3 heteroatoms. The van der Waals surface area contributed by atoms with Gasteiger partial charge in [-0.2, -0.15) is 0 Å². The third kappa shape index (κ3) is 4.08. The second-order valence-electron chi connectivity index (χ2n) is 5.66. The quantitative estimate of drug-likeness (QED) is 0.784. The van der Waals surface area contributed by atoms with Gasteiger partial charge in [-0.15, -0.1) is 0 Å². The standard InChI is InChI=1S/C19H24N2S/c1-5-16-9-11-17(12-10-16)15(4)20-19(22)21-18-8-6-7-13(2)14(18)3/h6-12,15H,5H2,1-4H3,(H2,20,21,22)/t15-/m1/s1. The van der Waals surface area contributed by atoms with Crippen molar-refractivity contribution in [1.29, 1.82) is 0 Å². The van der Waals surface area contributed by atoms with Crippen LogP contribution in [-0.4, -0.2) is 5.11 Å². The molecule has 0 fully saturated rings. The highest BCUT2D eigenvalue weighted by Gasteiger charge is 2.08. The summed E-state index contributed by atoms with van der Waals surface area (Å²) in [5.41, 5.74) is 6.14. The summed E-state index contributed by atoms with van der Waals surface area (Å²) in [6.45, 7) is 8.50. The Balaban J connectivity index is 2.00. The first kappa shape index (κ1) is 16.5. The van der Waals surface area contributed by atoms with Gasteiger partial charge in [0.1, 0.15) is 0 Å². The van der Waals surface area contributed by atoms with Gasteiger partial charge in [-0.3, -0.25) is 0 Å². The Kier molecular flexibility index (Phi) is 5.56. The minimum absolute atomic E-state index is 0.177. The molecule has 0 aliphatic carbocycles. The summed E-state index contributed by atoms with van der Waals surface area (Å²) < 4.78 is 0. The predicted octanol–water partition coefficient (Wildman–Crippen LogP) is 4.91. The Morgan fingerprint density at radius 1 is 1.09 bits per heavy atom. The highest BCUT2D eigenvalue weighted by Crippen LogP contribution is 2.19. The van der Waals surface area contributed by atoms with Gasteiger partial charge >= 0.3 is 0 Å². The Labute approximate surface area is 139 Å². The number of thiocarbonyl (C=S) groups is 1. The van der Waals surface area contributed by atoms with Gasteiger partial charge in [0.2, 0.25) is 0 Å². The molecule has 0 saturated carbocycles. The second kappa shape index (κ2) is 7.41. The van der Waals surface area contributed by atoms with Crippen LogP contribution in [0.2, 0.25) is 0 Å². The van der Waals surface area contributed by atoms with Crippen LogP contribution >= 0.6 is 12.2 Å². The van der Waals surface area contributed by atoms with Crippen LogP contribution in [0.3, 0.4) is 0 Å². The van der Waals surface area contributed by atoms with E-state index in [1.807, 2.05) is 6.07 Å². The fourth-order valence-electron chi connectivity index (χ4n) is 2.37. The summed E-state index contributed by atoms with van der Waals surface area (Å²) in [5, 5.41) is 7.30. The maximum absolute atomic E-state index is 5.44. The van der Waals surface area contributed by atoms with Crippen LogP contribution in [0, 0.1) is 13.8 Å². The second-order valence-corrected chi connectivity index (χ2v) is 6.07. The van der Waals surface area contributed by atoms with E-state index in [-0.39, 0.29) is 6.04 Å². The molecule has 0 heterocycles. The fourth-order valence-corrected chi connectivity index (χ4v) is 2.65. The third-order valence-corrected chi connectivity index (χ3v) is 4.31. The van der Waals surface area contributed by atoms with Crippen LogP contribution in [0.15, 0.2) is 42.5 Å². The molecular weight excluding hydrogens is 288 g/mol. The molecule has 0 unspecified atom stereocenters. The van der Waals surface area contributed by atoms with Crippen molar-refractivity contribution in [2.45, 2.75) is 40.2 Å². The van der Waals surface area contributed by atoms with Gasteiger partial charge in [-0.05, 0) is 67.7 Å². The summed E-state index contributed by atoms with van der Waals surface area (Å²) in [6, 6.07) is 15.1. The average molecular weight is 312 g/mol. The van der Waals surface area contributed by atoms with E-state index in [0.29, 0.717) is 5.11 Å². The van der Waals surface area contributed by atoms with E-state index < -0.39 is 0 Å². The van der Waals surface area contributed by atoms with Crippen molar-refractivity contribution in [3.05, 3.63) is 64.7 Å². The first-order valence-corrected chi connectivity index (χ1v) is 8.14. The monoisotopic (exact) mass is 312 g/mol. The van der Waals surface area contributed by atoms with Gasteiger partial charge in [0.15, 0.2) is 5.11 Å². The van der Waals surface area contributed by atoms with Crippen LogP contribution in [0.25, 0.3) is 0 Å². The first-order chi connectivity index (χ1) is 10.5. The van der Waals surface area contributed by atoms with Crippen LogP contribution in [0.5, 0.6) is 0 Å². The summed E-state index contributed by atoms with van der Waals surface area (Å²) in [6.07, 6.45) is 1.06. The van der Waals surface area contributed by atoms with Crippen molar-refractivity contribution in [2.24, 2.45) is 0 Å². The molecule has 2 nitrogen and oxygen atoms in total. The minimum atomic E-state index is 0.177. The molecule has 0 aromatic heterocycles. The molecule has 2 aromatic rings. The maximum Gasteiger partial charge on any atom is 0.171 e. The number of aryl methyl sites for hydroxylation is 2. The highest BCUT2D eigenvalue weighted by molar-refractivity contribution is 7.80. The van der Waals surface area contributed by atoms with Gasteiger partial charge in [0.25, 0.3) is 0 Å². The lowest BCUT2D eigenvalue weighted by atomic mass is 10.1. The number of anilines is 1. The lowest BCUT2D eigenvalue weighted by Gasteiger charge is -2.19. The minimum Gasteiger partial charge on any atom is -0.356 e. The summed E-state index contributed by atoms with van der Waals surface area (Å²) in [4.78, 5) is 0. The molecule has 0 spiro atoms. The van der Waals surface area contributed by atoms with Crippen LogP contribution < -0.4 is 10.6 Å². The van der Waals surface area contributed by atoms with E-state index in [9.17, 15) is 0 Å². The molecule has 0 radical (unpaired) electrons. The van der Waals surface area contributed by atoms with Gasteiger partial charge < -0.3 is 10.6 Å². The zero-order chi connectivity index (χ0) is 16.1. The van der Waals surface area contributed by atoms with Gasteiger partial charge in [0.05, 0.1) is 6.04 Å². The zero-order valence-electron chi connectivity index (χ0n) is 13.7. The number of benzene rings is 2. The molecule has 0 saturated heterocycles. The summed E-state index contributed by atoms with van der Waals surface area (Å²) in [5.74, 6) is 0. The maximum atomic E-state index is 5.44. The normalized spacial score (nSPS) is 11.8. The van der Waals surface area contributed by atoms with Crippen molar-refractivity contribution in [2.75, 3.05) is 5.32 Å². The van der Waals surface area contributed by atoms with Crippen molar-refractivity contribution in [3.63, 3.8) is 0 Å². The largest absolute Gasteiger partial charge is 0.356 e. The molecule has 2 rings (SSSR count). The molecule has 0 amide bonds. The molecule has 22 heavy (non-hydrogen) atoms. The zero-order valence-corrected chi connectivity index (χ0v) is 14.6. The van der Waals surface area contributed by atoms with Crippen LogP contribution in [0.1, 0.15) is 42.1 Å². The van der Waals surface area contributed by atoms with E-state index in [4.69, 9.17) is 12.2 Å². The summed E-state index contributed by atoms with van der Waals surface area (Å²) >= 11 is 5.44. The topological polar surface area (TPSA) is 24.1 Å². The molecule has 0 aliphatic rings. The average Bonchev–Trinajstić information content (AvgIpc) is 2.52. The Morgan fingerprint density at radius 2 is 1.77 bits per heavy atom. The van der Waals surface area contributed by atoms with Crippen LogP contribution in [0.4, 0.5) is 5.69 Å². The molecule has 116 valence electrons. The number of nitrogens with one attached hydrogen (secondary N) is 2. The lowest BCUT2D eigenvalue weighted by molar-refractivity contribution is 0.722. The Morgan fingerprint density at radius 3 is 2.41 bits per heavy atom. The smallest absolute Gasteiger partial charge is 0.171 e. The van der Waals surface area contributed by atoms with E-state index in [2.05, 4.69) is 74.7 Å². The third-order valence-electron chi connectivity index (χ3n) is 4.09. The number of hydrogen-bond acceptors (Lipinski definition) is 1. The van der Waals surface area contributed by atoms with Crippen molar-refractivity contribution < 1.29 is 0 Å². The number of rotatable bonds is 4. The van der Waals surface area contributed by atoms with Crippen molar-refractivity contribution in [3.8, 4) is 0 Å². The van der Waals surface area contributed by atoms with E-state index in [0.717, 1.165) is 12.1 Å². The Hall–Kier alpha value is -1.87. The van der Waals surface area contributed by atoms with E-state index in [1.54, 1.807) is 0 Å². The van der Waals surface area contributed by atoms with Crippen LogP contribution in [-0.2, 0) is 6.42 Å². The number of hydrogen-bond donors (Lipinski definition) is 2. The van der Waals surface area contributed by atoms with Gasteiger partial charge in [-0.1, -0.05) is 43.3 Å². The molecule has 0 aliphatic heterocycles. The molecule has 2 aromatic carbocycles. The SMILES string of the molecule is CCc1ccc([C@@H](C)NC(=S)Nc2cccc(C)c2C)cc1. The predicted molar refractivity (Wildman–Crippen MR) is 99.5 cm³/mol. The first-order valence-electron chi connectivity index (χ1n) is 7.73. The van der Waals surface area contributed by atoms with E-state index in [1.165, 1.54) is 22.3 Å². The lowest BCUT2D eigenvalue weighted by Crippen LogP contribution is -2.31. The van der Waals surface area contributed by atoms with E-state index >= 15 is 0 Å². The highest BCUT2D eigenvalue weighted by atomic mass is 32.1. The molecule has 2 N–H and O–H groups in total. The van der Waals surface area contributed by atoms with Gasteiger partial charge in [0, 0.05) is 5.69 Å². The summed E-state index contributed by atoms with van der Waals surface area (Å²) in [7, 11) is 0.